The fraction of sp³-hybridized carbons (Fsp3) is 1.00. The van der Waals surface area contributed by atoms with Gasteiger partial charge < -0.3 is 18.4 Å². The second kappa shape index (κ2) is 24.0. The van der Waals surface area contributed by atoms with Gasteiger partial charge in [-0.2, -0.15) is 0 Å². The second-order valence-electron chi connectivity index (χ2n) is 1.97. The molecule has 0 aromatic carbocycles. The van der Waals surface area contributed by atoms with Crippen LogP contribution in [0.1, 0.15) is 27.7 Å². The Morgan fingerprint density at radius 3 is 1.20 bits per heavy atom. The molecule has 98 valence electrons. The number of aliphatic hydroxyl groups excluding tert-OH is 1. The normalized spacial score (nSPS) is 8.40. The van der Waals surface area contributed by atoms with E-state index in [1.807, 2.05) is 20.8 Å². The van der Waals surface area contributed by atoms with Crippen molar-refractivity contribution >= 4 is 9.53 Å². The quantitative estimate of drug-likeness (QED) is 0.737. The Balaban J connectivity index is -0.000000108. The van der Waals surface area contributed by atoms with Gasteiger partial charge >= 0.3 is 9.53 Å². The van der Waals surface area contributed by atoms with E-state index >= 15 is 0 Å². The summed E-state index contributed by atoms with van der Waals surface area (Å²) in [4.78, 5) is 0. The molecule has 0 fully saturated rings. The van der Waals surface area contributed by atoms with Crippen LogP contribution < -0.4 is 0 Å². The molecule has 0 aliphatic heterocycles. The molecule has 0 aliphatic rings. The molecule has 0 rings (SSSR count). The first-order chi connectivity index (χ1) is 6.26. The van der Waals surface area contributed by atoms with Crippen LogP contribution in [-0.4, -0.2) is 41.1 Å². The van der Waals surface area contributed by atoms with E-state index in [4.69, 9.17) is 18.4 Å². The van der Waals surface area contributed by atoms with Crippen LogP contribution in [-0.2, 0) is 32.8 Å². The van der Waals surface area contributed by atoms with E-state index in [0.717, 1.165) is 0 Å². The zero-order chi connectivity index (χ0) is 10.5. The van der Waals surface area contributed by atoms with Gasteiger partial charge in [0.25, 0.3) is 0 Å². The van der Waals surface area contributed by atoms with Crippen molar-refractivity contribution in [2.75, 3.05) is 26.4 Å². The van der Waals surface area contributed by atoms with Gasteiger partial charge in [0.1, 0.15) is 0 Å². The summed E-state index contributed by atoms with van der Waals surface area (Å²) in [5.41, 5.74) is 0. The van der Waals surface area contributed by atoms with Crippen LogP contribution in [0.5, 0.6) is 0 Å². The predicted octanol–water partition coefficient (Wildman–Crippen LogP) is 0.962. The number of rotatable bonds is 6. The molecule has 0 bridgehead atoms. The average molecular weight is 331 g/mol. The summed E-state index contributed by atoms with van der Waals surface area (Å²) in [6, 6.07) is 0. The van der Waals surface area contributed by atoms with E-state index in [1.165, 1.54) is 0 Å². The maximum absolute atomic E-state index is 7.57. The molecule has 7 heteroatoms. The van der Waals surface area contributed by atoms with Gasteiger partial charge in [-0.1, -0.05) is 0 Å². The fourth-order valence-electron chi connectivity index (χ4n) is 0.553. The first-order valence-electron chi connectivity index (χ1n) is 4.72. The molecule has 0 aromatic heterocycles. The maximum atomic E-state index is 7.57. The number of hydrogen-bond donors (Lipinski definition) is 1. The third kappa shape index (κ3) is 25.2. The third-order valence-corrected chi connectivity index (χ3v) is 2.72. The monoisotopic (exact) mass is 332 g/mol. The molecule has 0 amide bonds. The number of hydrogen-bond acceptors (Lipinski definition) is 4. The second-order valence-corrected chi connectivity index (χ2v) is 3.55. The van der Waals surface area contributed by atoms with Gasteiger partial charge in [-0.25, -0.2) is 0 Å². The van der Waals surface area contributed by atoms with Crippen LogP contribution in [0.2, 0.25) is 0 Å². The van der Waals surface area contributed by atoms with Gasteiger partial charge in [-0.05, 0) is 27.7 Å². The Morgan fingerprint density at radius 2 is 1.07 bits per heavy atom. The number of aliphatic hydroxyl groups is 1. The van der Waals surface area contributed by atoms with Crippen LogP contribution in [0.3, 0.4) is 0 Å². The van der Waals surface area contributed by atoms with E-state index in [1.54, 1.807) is 6.92 Å². The maximum Gasteiger partial charge on any atom is 0.484 e. The first-order valence-corrected chi connectivity index (χ1v) is 6.13. The van der Waals surface area contributed by atoms with Crippen molar-refractivity contribution in [3.05, 3.63) is 0 Å². The van der Waals surface area contributed by atoms with Crippen molar-refractivity contribution in [3.63, 3.8) is 0 Å². The third-order valence-electron chi connectivity index (χ3n) is 0.908. The van der Waals surface area contributed by atoms with Crippen molar-refractivity contribution < 1.29 is 42.6 Å². The van der Waals surface area contributed by atoms with Gasteiger partial charge in [-0.3, -0.25) is 4.70 Å². The average Bonchev–Trinajstić information content (AvgIpc) is 2.07. The topological polar surface area (TPSA) is 47.9 Å². The minimum atomic E-state index is -1.73. The van der Waals surface area contributed by atoms with Crippen LogP contribution in [0, 0.1) is 0 Å². The molecular weight excluding hydrogens is 308 g/mol. The van der Waals surface area contributed by atoms with E-state index in [9.17, 15) is 0 Å². The van der Waals surface area contributed by atoms with Crippen LogP contribution in [0.4, 0.5) is 4.70 Å². The van der Waals surface area contributed by atoms with Gasteiger partial charge in [-0.15, -0.1) is 0 Å². The van der Waals surface area contributed by atoms with Gasteiger partial charge in [0, 0.05) is 45.9 Å². The van der Waals surface area contributed by atoms with Crippen LogP contribution >= 0.6 is 0 Å². The van der Waals surface area contributed by atoms with Crippen molar-refractivity contribution in [1.29, 1.82) is 0 Å². The Labute approximate surface area is 106 Å². The summed E-state index contributed by atoms with van der Waals surface area (Å²) in [5, 5.41) is 7.57. The Hall–Kier alpha value is 0.610. The van der Waals surface area contributed by atoms with Crippen molar-refractivity contribution in [3.8, 4) is 0 Å². The summed E-state index contributed by atoms with van der Waals surface area (Å²) in [7, 11) is -1.73. The van der Waals surface area contributed by atoms with Crippen molar-refractivity contribution in [1.82, 2.24) is 0 Å². The van der Waals surface area contributed by atoms with Crippen LogP contribution in [0.15, 0.2) is 0 Å². The zero-order valence-corrected chi connectivity index (χ0v) is 12.7. The Bertz CT molecular complexity index is 78.8. The summed E-state index contributed by atoms with van der Waals surface area (Å²) in [6.07, 6.45) is 0. The molecule has 0 aliphatic carbocycles. The van der Waals surface area contributed by atoms with Crippen LogP contribution in [0.25, 0.3) is 0 Å². The summed E-state index contributed by atoms with van der Waals surface area (Å²) in [5.74, 6) is 0. The molecule has 0 aromatic rings. The molecule has 0 saturated heterocycles. The molecular formula is C8H23FO4RuSi. The molecule has 0 radical (unpaired) electrons. The molecule has 0 heterocycles. The molecule has 0 unspecified atom stereocenters. The standard InChI is InChI=1S/C6H16O3Si.C2H6O.FH.Ru/c1-4-7-10(8-5-2)9-6-3;1-2-3;;/h10H,4-6H2,1-3H3;3H,2H2,1H3;1H;. The summed E-state index contributed by atoms with van der Waals surface area (Å²) < 4.78 is 15.7. The molecule has 0 spiro atoms. The Kier molecular flexibility index (Phi) is 39.6. The van der Waals surface area contributed by atoms with E-state index in [0.29, 0.717) is 19.8 Å². The Morgan fingerprint density at radius 1 is 0.867 bits per heavy atom. The minimum absolute atomic E-state index is 0. The van der Waals surface area contributed by atoms with Crippen molar-refractivity contribution in [2.24, 2.45) is 0 Å². The zero-order valence-electron chi connectivity index (χ0n) is 9.84. The first kappa shape index (κ1) is 24.7. The molecule has 1 N–H and O–H groups in total. The van der Waals surface area contributed by atoms with E-state index < -0.39 is 9.53 Å². The predicted molar refractivity (Wildman–Crippen MR) is 57.3 cm³/mol. The summed E-state index contributed by atoms with van der Waals surface area (Å²) in [6.45, 7) is 9.79. The largest absolute Gasteiger partial charge is 0.484 e. The molecule has 15 heavy (non-hydrogen) atoms. The molecule has 0 saturated carbocycles. The minimum Gasteiger partial charge on any atom is -0.397 e. The van der Waals surface area contributed by atoms with Gasteiger partial charge in [0.05, 0.1) is 0 Å². The van der Waals surface area contributed by atoms with Crippen molar-refractivity contribution in [2.45, 2.75) is 27.7 Å². The van der Waals surface area contributed by atoms with Gasteiger partial charge in [0.2, 0.25) is 0 Å². The summed E-state index contributed by atoms with van der Waals surface area (Å²) >= 11 is 0. The fourth-order valence-corrected chi connectivity index (χ4v) is 1.66. The molecule has 0 atom stereocenters. The molecule has 4 nitrogen and oxygen atoms in total. The van der Waals surface area contributed by atoms with E-state index in [-0.39, 0.29) is 30.8 Å². The number of halogens is 1. The van der Waals surface area contributed by atoms with Gasteiger partial charge in [0.15, 0.2) is 0 Å². The van der Waals surface area contributed by atoms with E-state index in [2.05, 4.69) is 0 Å². The smallest absolute Gasteiger partial charge is 0.397 e. The SMILES string of the molecule is CCO.CCO[SiH](OCC)OCC.F.[Ru].